The topological polar surface area (TPSA) is 58.2 Å². The number of para-hydroxylation sites is 1. The molecular formula is C12H16N2O2. The number of carbonyl (C=O) groups excluding carboxylic acids is 2. The molecule has 0 saturated carbocycles. The molecule has 0 unspecified atom stereocenters. The third-order valence-electron chi connectivity index (χ3n) is 2.10. The van der Waals surface area contributed by atoms with Gasteiger partial charge in [0.2, 0.25) is 11.8 Å². The third kappa shape index (κ3) is 4.13. The number of anilines is 1. The van der Waals surface area contributed by atoms with Crippen molar-refractivity contribution in [2.45, 2.75) is 20.3 Å². The number of amides is 2. The lowest BCUT2D eigenvalue weighted by atomic mass is 10.1. The molecule has 0 aliphatic rings. The van der Waals surface area contributed by atoms with Crippen LogP contribution in [0.3, 0.4) is 0 Å². The molecule has 1 aromatic carbocycles. The van der Waals surface area contributed by atoms with E-state index in [1.165, 1.54) is 13.8 Å². The first-order valence-electron chi connectivity index (χ1n) is 5.19. The minimum atomic E-state index is -0.0908. The van der Waals surface area contributed by atoms with E-state index in [1.807, 2.05) is 24.3 Å². The van der Waals surface area contributed by atoms with Gasteiger partial charge in [-0.3, -0.25) is 9.59 Å². The minimum Gasteiger partial charge on any atom is -0.356 e. The van der Waals surface area contributed by atoms with Crippen LogP contribution < -0.4 is 10.6 Å². The fraction of sp³-hybridized carbons (Fsp3) is 0.333. The van der Waals surface area contributed by atoms with E-state index in [1.54, 1.807) is 0 Å². The van der Waals surface area contributed by atoms with Gasteiger partial charge in [0.15, 0.2) is 0 Å². The third-order valence-corrected chi connectivity index (χ3v) is 2.10. The molecule has 16 heavy (non-hydrogen) atoms. The molecule has 0 aliphatic carbocycles. The molecule has 2 N–H and O–H groups in total. The highest BCUT2D eigenvalue weighted by atomic mass is 16.2. The second-order valence-corrected chi connectivity index (χ2v) is 3.57. The second kappa shape index (κ2) is 5.90. The highest BCUT2D eigenvalue weighted by Crippen LogP contribution is 2.14. The molecule has 0 fully saturated rings. The van der Waals surface area contributed by atoms with Gasteiger partial charge >= 0.3 is 0 Å². The van der Waals surface area contributed by atoms with Crippen molar-refractivity contribution in [2.24, 2.45) is 0 Å². The molecule has 4 nitrogen and oxygen atoms in total. The van der Waals surface area contributed by atoms with E-state index in [9.17, 15) is 9.59 Å². The molecule has 0 radical (unpaired) electrons. The first kappa shape index (κ1) is 12.2. The van der Waals surface area contributed by atoms with Crippen molar-refractivity contribution in [1.82, 2.24) is 5.32 Å². The predicted molar refractivity (Wildman–Crippen MR) is 63.1 cm³/mol. The Labute approximate surface area is 95.0 Å². The van der Waals surface area contributed by atoms with E-state index < -0.39 is 0 Å². The number of nitrogens with one attached hydrogen (secondary N) is 2. The van der Waals surface area contributed by atoms with Crippen LogP contribution in [0.15, 0.2) is 24.3 Å². The summed E-state index contributed by atoms with van der Waals surface area (Å²) in [5, 5.41) is 5.48. The van der Waals surface area contributed by atoms with Gasteiger partial charge in [-0.1, -0.05) is 18.2 Å². The molecule has 2 amide bonds. The zero-order chi connectivity index (χ0) is 12.0. The molecule has 4 heteroatoms. The molecule has 1 aromatic rings. The normalized spacial score (nSPS) is 9.62. The van der Waals surface area contributed by atoms with Crippen molar-refractivity contribution in [3.8, 4) is 0 Å². The Hall–Kier alpha value is -1.84. The smallest absolute Gasteiger partial charge is 0.221 e. The summed E-state index contributed by atoms with van der Waals surface area (Å²) in [4.78, 5) is 21.7. The number of hydrogen-bond donors (Lipinski definition) is 2. The molecule has 0 spiro atoms. The van der Waals surface area contributed by atoms with E-state index in [0.717, 1.165) is 11.3 Å². The molecule has 0 atom stereocenters. The van der Waals surface area contributed by atoms with Gasteiger partial charge in [-0.15, -0.1) is 0 Å². The molecule has 0 heterocycles. The number of benzene rings is 1. The first-order chi connectivity index (χ1) is 7.59. The van der Waals surface area contributed by atoms with Crippen molar-refractivity contribution in [1.29, 1.82) is 0 Å². The van der Waals surface area contributed by atoms with Crippen LogP contribution in [0.2, 0.25) is 0 Å². The van der Waals surface area contributed by atoms with Crippen molar-refractivity contribution in [2.75, 3.05) is 11.9 Å². The van der Waals surface area contributed by atoms with Crippen LogP contribution in [0.5, 0.6) is 0 Å². The average Bonchev–Trinajstić information content (AvgIpc) is 2.19. The largest absolute Gasteiger partial charge is 0.356 e. The molecule has 0 aromatic heterocycles. The van der Waals surface area contributed by atoms with Crippen molar-refractivity contribution < 1.29 is 9.59 Å². The quantitative estimate of drug-likeness (QED) is 0.804. The van der Waals surface area contributed by atoms with E-state index in [-0.39, 0.29) is 11.8 Å². The van der Waals surface area contributed by atoms with Crippen LogP contribution in [0.25, 0.3) is 0 Å². The van der Waals surface area contributed by atoms with E-state index in [2.05, 4.69) is 10.6 Å². The van der Waals surface area contributed by atoms with Gasteiger partial charge < -0.3 is 10.6 Å². The maximum absolute atomic E-state index is 11.0. The number of hydrogen-bond acceptors (Lipinski definition) is 2. The molecular weight excluding hydrogens is 204 g/mol. The minimum absolute atomic E-state index is 0.0444. The fourth-order valence-corrected chi connectivity index (χ4v) is 1.42. The monoisotopic (exact) mass is 220 g/mol. The molecule has 86 valence electrons. The zero-order valence-electron chi connectivity index (χ0n) is 9.54. The maximum atomic E-state index is 11.0. The Morgan fingerprint density at radius 1 is 1.12 bits per heavy atom. The van der Waals surface area contributed by atoms with Gasteiger partial charge in [-0.05, 0) is 18.1 Å². The number of rotatable bonds is 4. The number of carbonyl (C=O) groups is 2. The van der Waals surface area contributed by atoms with Gasteiger partial charge in [-0.25, -0.2) is 0 Å². The summed E-state index contributed by atoms with van der Waals surface area (Å²) in [6.07, 6.45) is 0.704. The van der Waals surface area contributed by atoms with Gasteiger partial charge in [0.05, 0.1) is 0 Å². The molecule has 0 bridgehead atoms. The maximum Gasteiger partial charge on any atom is 0.221 e. The summed E-state index contributed by atoms with van der Waals surface area (Å²) in [7, 11) is 0. The van der Waals surface area contributed by atoms with Gasteiger partial charge in [0.1, 0.15) is 0 Å². The lowest BCUT2D eigenvalue weighted by Gasteiger charge is -2.09. The van der Waals surface area contributed by atoms with Crippen molar-refractivity contribution in [3.05, 3.63) is 29.8 Å². The SMILES string of the molecule is CC(=O)NCCc1ccccc1NC(C)=O. The van der Waals surface area contributed by atoms with Crippen molar-refractivity contribution >= 4 is 17.5 Å². The van der Waals surface area contributed by atoms with Crippen LogP contribution in [0, 0.1) is 0 Å². The van der Waals surface area contributed by atoms with Crippen LogP contribution in [0.1, 0.15) is 19.4 Å². The zero-order valence-corrected chi connectivity index (χ0v) is 9.54. The van der Waals surface area contributed by atoms with Crippen molar-refractivity contribution in [3.63, 3.8) is 0 Å². The summed E-state index contributed by atoms with van der Waals surface area (Å²) < 4.78 is 0. The Kier molecular flexibility index (Phi) is 4.51. The second-order valence-electron chi connectivity index (χ2n) is 3.57. The fourth-order valence-electron chi connectivity index (χ4n) is 1.42. The van der Waals surface area contributed by atoms with Crippen LogP contribution in [-0.2, 0) is 16.0 Å². The molecule has 0 aliphatic heterocycles. The van der Waals surface area contributed by atoms with Gasteiger partial charge in [0.25, 0.3) is 0 Å². The molecule has 1 rings (SSSR count). The standard InChI is InChI=1S/C12H16N2O2/c1-9(15)13-8-7-11-5-3-4-6-12(11)14-10(2)16/h3-6H,7-8H2,1-2H3,(H,13,15)(H,14,16). The van der Waals surface area contributed by atoms with Crippen LogP contribution >= 0.6 is 0 Å². The van der Waals surface area contributed by atoms with Gasteiger partial charge in [-0.2, -0.15) is 0 Å². The van der Waals surface area contributed by atoms with E-state index >= 15 is 0 Å². The summed E-state index contributed by atoms with van der Waals surface area (Å²) in [5.74, 6) is -0.135. The lowest BCUT2D eigenvalue weighted by molar-refractivity contribution is -0.119. The van der Waals surface area contributed by atoms with Gasteiger partial charge in [0, 0.05) is 26.1 Å². The Balaban J connectivity index is 2.63. The van der Waals surface area contributed by atoms with Crippen LogP contribution in [0.4, 0.5) is 5.69 Å². The molecule has 0 saturated heterocycles. The first-order valence-corrected chi connectivity index (χ1v) is 5.19. The Morgan fingerprint density at radius 2 is 1.81 bits per heavy atom. The lowest BCUT2D eigenvalue weighted by Crippen LogP contribution is -2.22. The van der Waals surface area contributed by atoms with E-state index in [0.29, 0.717) is 13.0 Å². The predicted octanol–water partition coefficient (Wildman–Crippen LogP) is 1.32. The summed E-state index contributed by atoms with van der Waals surface area (Å²) in [5.41, 5.74) is 1.83. The Morgan fingerprint density at radius 3 is 2.44 bits per heavy atom. The highest BCUT2D eigenvalue weighted by molar-refractivity contribution is 5.89. The average molecular weight is 220 g/mol. The van der Waals surface area contributed by atoms with E-state index in [4.69, 9.17) is 0 Å². The summed E-state index contributed by atoms with van der Waals surface area (Å²) in [6, 6.07) is 7.57. The highest BCUT2D eigenvalue weighted by Gasteiger charge is 2.02. The summed E-state index contributed by atoms with van der Waals surface area (Å²) in [6.45, 7) is 3.54. The summed E-state index contributed by atoms with van der Waals surface area (Å²) >= 11 is 0. The Bertz CT molecular complexity index is 388. The van der Waals surface area contributed by atoms with Crippen LogP contribution in [-0.4, -0.2) is 18.4 Å².